The van der Waals surface area contributed by atoms with Crippen LogP contribution in [-0.4, -0.2) is 30.4 Å². The summed E-state index contributed by atoms with van der Waals surface area (Å²) in [6.07, 6.45) is -2.95. The Morgan fingerprint density at radius 3 is 2.40 bits per heavy atom. The van der Waals surface area contributed by atoms with Crippen molar-refractivity contribution in [1.29, 1.82) is 0 Å². The van der Waals surface area contributed by atoms with Gasteiger partial charge in [-0.1, -0.05) is 24.3 Å². The predicted octanol–water partition coefficient (Wildman–Crippen LogP) is 3.00. The smallest absolute Gasteiger partial charge is 0.375 e. The van der Waals surface area contributed by atoms with Crippen LogP contribution in [0, 0.1) is 0 Å². The second-order valence-corrected chi connectivity index (χ2v) is 5.79. The molecule has 132 valence electrons. The maximum atomic E-state index is 13.1. The zero-order chi connectivity index (χ0) is 18.6. The third-order valence-electron chi connectivity index (χ3n) is 3.19. The Kier molecular flexibility index (Phi) is 5.58. The van der Waals surface area contributed by atoms with Gasteiger partial charge in [-0.15, -0.1) is 0 Å². The van der Waals surface area contributed by atoms with Crippen LogP contribution >= 0.6 is 12.2 Å². The number of aromatic nitrogens is 1. The number of halogens is 3. The zero-order valence-corrected chi connectivity index (χ0v) is 14.3. The van der Waals surface area contributed by atoms with E-state index in [9.17, 15) is 13.2 Å². The number of thiocarbonyl (C=S) groups is 1. The van der Waals surface area contributed by atoms with Crippen molar-refractivity contribution in [3.63, 3.8) is 0 Å². The van der Waals surface area contributed by atoms with E-state index in [1.807, 2.05) is 0 Å². The Balaban J connectivity index is 2.36. The summed E-state index contributed by atoms with van der Waals surface area (Å²) in [5.74, 6) is 0.233. The molecule has 0 bridgehead atoms. The molecule has 0 unspecified atom stereocenters. The van der Waals surface area contributed by atoms with Crippen molar-refractivity contribution in [3.8, 4) is 11.3 Å². The minimum absolute atomic E-state index is 0.0391. The first-order chi connectivity index (χ1) is 11.7. The van der Waals surface area contributed by atoms with E-state index in [1.54, 1.807) is 38.4 Å². The number of benzene rings is 1. The second-order valence-electron chi connectivity index (χ2n) is 5.35. The number of nitrogens with two attached hydrogens (primary N) is 1. The van der Waals surface area contributed by atoms with Crippen LogP contribution in [0.3, 0.4) is 0 Å². The van der Waals surface area contributed by atoms with E-state index < -0.39 is 11.7 Å². The molecule has 0 spiro atoms. The molecule has 0 radical (unpaired) electrons. The summed E-state index contributed by atoms with van der Waals surface area (Å²) in [4.78, 5) is 5.81. The quantitative estimate of drug-likeness (QED) is 0.494. The molecule has 5 nitrogen and oxygen atoms in total. The SMILES string of the molecule is CN(C)c1cc(C(F)(F)F)cc(-c2ccc(C=NNC(N)=S)cc2)n1. The highest BCUT2D eigenvalue weighted by Gasteiger charge is 2.32. The van der Waals surface area contributed by atoms with Gasteiger partial charge in [-0.3, -0.25) is 5.43 Å². The van der Waals surface area contributed by atoms with E-state index in [2.05, 4.69) is 27.7 Å². The third-order valence-corrected chi connectivity index (χ3v) is 3.28. The molecule has 2 rings (SSSR count). The number of nitrogens with zero attached hydrogens (tertiary/aromatic N) is 3. The van der Waals surface area contributed by atoms with Crippen molar-refractivity contribution in [3.05, 3.63) is 47.5 Å². The van der Waals surface area contributed by atoms with Gasteiger partial charge in [-0.05, 0) is 29.9 Å². The molecule has 1 aromatic carbocycles. The summed E-state index contributed by atoms with van der Waals surface area (Å²) in [6, 6.07) is 8.80. The lowest BCUT2D eigenvalue weighted by molar-refractivity contribution is -0.137. The van der Waals surface area contributed by atoms with Gasteiger partial charge in [-0.2, -0.15) is 18.3 Å². The Bertz CT molecular complexity index is 785. The van der Waals surface area contributed by atoms with Gasteiger partial charge in [0.05, 0.1) is 17.5 Å². The van der Waals surface area contributed by atoms with E-state index in [4.69, 9.17) is 5.73 Å². The highest BCUT2D eigenvalue weighted by Crippen LogP contribution is 2.33. The average molecular weight is 367 g/mol. The number of rotatable bonds is 4. The highest BCUT2D eigenvalue weighted by atomic mass is 32.1. The van der Waals surface area contributed by atoms with E-state index in [1.165, 1.54) is 11.1 Å². The second kappa shape index (κ2) is 7.47. The molecule has 2 aromatic rings. The molecular weight excluding hydrogens is 351 g/mol. The zero-order valence-electron chi connectivity index (χ0n) is 13.5. The molecule has 0 fully saturated rings. The van der Waals surface area contributed by atoms with E-state index in [0.29, 0.717) is 5.56 Å². The fourth-order valence-corrected chi connectivity index (χ4v) is 2.02. The molecule has 0 atom stereocenters. The summed E-state index contributed by atoms with van der Waals surface area (Å²) >= 11 is 4.62. The third kappa shape index (κ3) is 5.15. The molecule has 1 aromatic heterocycles. The Labute approximate surface area is 148 Å². The van der Waals surface area contributed by atoms with Gasteiger partial charge < -0.3 is 10.6 Å². The number of anilines is 1. The highest BCUT2D eigenvalue weighted by molar-refractivity contribution is 7.80. The molecule has 1 heterocycles. The van der Waals surface area contributed by atoms with Crippen LogP contribution in [-0.2, 0) is 6.18 Å². The average Bonchev–Trinajstić information content (AvgIpc) is 2.54. The molecular formula is C16H16F3N5S. The van der Waals surface area contributed by atoms with Crippen LogP contribution in [0.5, 0.6) is 0 Å². The van der Waals surface area contributed by atoms with Crippen LogP contribution < -0.4 is 16.1 Å². The molecule has 9 heteroatoms. The van der Waals surface area contributed by atoms with Crippen LogP contribution in [0.25, 0.3) is 11.3 Å². The first-order valence-electron chi connectivity index (χ1n) is 7.12. The van der Waals surface area contributed by atoms with Gasteiger partial charge >= 0.3 is 6.18 Å². The summed E-state index contributed by atoms with van der Waals surface area (Å²) in [5.41, 5.74) is 8.46. The lowest BCUT2D eigenvalue weighted by atomic mass is 10.1. The topological polar surface area (TPSA) is 66.5 Å². The fraction of sp³-hybridized carbons (Fsp3) is 0.188. The minimum Gasteiger partial charge on any atom is -0.375 e. The molecule has 0 aliphatic heterocycles. The van der Waals surface area contributed by atoms with E-state index in [0.717, 1.165) is 17.7 Å². The lowest BCUT2D eigenvalue weighted by Gasteiger charge is -2.16. The molecule has 0 aliphatic rings. The first kappa shape index (κ1) is 18.7. The van der Waals surface area contributed by atoms with Crippen LogP contribution in [0.2, 0.25) is 0 Å². The molecule has 3 N–H and O–H groups in total. The van der Waals surface area contributed by atoms with Gasteiger partial charge in [0.2, 0.25) is 0 Å². The van der Waals surface area contributed by atoms with Crippen LogP contribution in [0.4, 0.5) is 19.0 Å². The Hall–Kier alpha value is -2.68. The lowest BCUT2D eigenvalue weighted by Crippen LogP contribution is -2.23. The number of pyridine rings is 1. The Morgan fingerprint density at radius 1 is 1.24 bits per heavy atom. The van der Waals surface area contributed by atoms with Crippen LogP contribution in [0.1, 0.15) is 11.1 Å². The summed E-state index contributed by atoms with van der Waals surface area (Å²) in [5, 5.41) is 3.85. The predicted molar refractivity (Wildman–Crippen MR) is 96.5 cm³/mol. The van der Waals surface area contributed by atoms with E-state index in [-0.39, 0.29) is 16.6 Å². The van der Waals surface area contributed by atoms with Crippen molar-refractivity contribution < 1.29 is 13.2 Å². The van der Waals surface area contributed by atoms with Crippen LogP contribution in [0.15, 0.2) is 41.5 Å². The minimum atomic E-state index is -4.44. The fourth-order valence-electron chi connectivity index (χ4n) is 1.97. The van der Waals surface area contributed by atoms with Crippen molar-refractivity contribution in [2.75, 3.05) is 19.0 Å². The number of hydrogen-bond donors (Lipinski definition) is 2. The van der Waals surface area contributed by atoms with Crippen molar-refractivity contribution >= 4 is 29.4 Å². The van der Waals surface area contributed by atoms with Gasteiger partial charge in [-0.25, -0.2) is 4.98 Å². The molecule has 0 aliphatic carbocycles. The standard InChI is InChI=1S/C16H16F3N5S/c1-24(2)14-8-12(16(17,18)19)7-13(22-14)11-5-3-10(4-6-11)9-21-23-15(20)25/h3-9H,1-2H3,(H3,20,23,25). The molecule has 0 saturated carbocycles. The first-order valence-corrected chi connectivity index (χ1v) is 7.53. The number of nitrogens with one attached hydrogen (secondary N) is 1. The largest absolute Gasteiger partial charge is 0.416 e. The number of alkyl halides is 3. The maximum absolute atomic E-state index is 13.1. The van der Waals surface area contributed by atoms with Crippen molar-refractivity contribution in [2.45, 2.75) is 6.18 Å². The number of hydrogen-bond acceptors (Lipinski definition) is 4. The Morgan fingerprint density at radius 2 is 1.88 bits per heavy atom. The monoisotopic (exact) mass is 367 g/mol. The van der Waals surface area contributed by atoms with Gasteiger partial charge in [0.25, 0.3) is 0 Å². The summed E-state index contributed by atoms with van der Waals surface area (Å²) in [7, 11) is 3.28. The molecule has 25 heavy (non-hydrogen) atoms. The summed E-state index contributed by atoms with van der Waals surface area (Å²) < 4.78 is 39.3. The normalized spacial score (nSPS) is 11.6. The van der Waals surface area contributed by atoms with Crippen molar-refractivity contribution in [2.24, 2.45) is 10.8 Å². The maximum Gasteiger partial charge on any atom is 0.416 e. The van der Waals surface area contributed by atoms with Gasteiger partial charge in [0.15, 0.2) is 5.11 Å². The van der Waals surface area contributed by atoms with Gasteiger partial charge in [0.1, 0.15) is 5.82 Å². The molecule has 0 saturated heterocycles. The number of hydrazone groups is 1. The van der Waals surface area contributed by atoms with E-state index >= 15 is 0 Å². The van der Waals surface area contributed by atoms with Crippen molar-refractivity contribution in [1.82, 2.24) is 10.4 Å². The summed E-state index contributed by atoms with van der Waals surface area (Å²) in [6.45, 7) is 0. The van der Waals surface area contributed by atoms with Gasteiger partial charge in [0, 0.05) is 19.7 Å². The molecule has 0 amide bonds.